The van der Waals surface area contributed by atoms with E-state index in [-0.39, 0.29) is 6.04 Å². The Labute approximate surface area is 116 Å². The fraction of sp³-hybridized carbons (Fsp3) is 0.125. The van der Waals surface area contributed by atoms with E-state index < -0.39 is 0 Å². The van der Waals surface area contributed by atoms with E-state index in [1.54, 1.807) is 0 Å². The molecule has 0 aromatic heterocycles. The second-order valence-electron chi connectivity index (χ2n) is 4.37. The molecule has 88 valence electrons. The van der Waals surface area contributed by atoms with E-state index in [2.05, 4.69) is 57.1 Å². The largest absolute Gasteiger partial charge is 0.349 e. The molecular weight excluding hydrogens is 286 g/mol. The number of anilines is 1. The van der Waals surface area contributed by atoms with Crippen LogP contribution in [-0.4, -0.2) is 0 Å². The summed E-state index contributed by atoms with van der Waals surface area (Å²) in [6.07, 6.45) is 5.71. The molecule has 2 aromatic rings. The lowest BCUT2D eigenvalue weighted by Gasteiger charge is -2.23. The second-order valence-corrected chi connectivity index (χ2v) is 5.29. The first kappa shape index (κ1) is 11.4. The van der Waals surface area contributed by atoms with Crippen LogP contribution in [0.5, 0.6) is 0 Å². The second kappa shape index (κ2) is 4.51. The van der Waals surface area contributed by atoms with Gasteiger partial charge in [-0.05, 0) is 35.4 Å². The van der Waals surface area contributed by atoms with Crippen molar-refractivity contribution in [2.75, 3.05) is 4.90 Å². The van der Waals surface area contributed by atoms with E-state index in [4.69, 9.17) is 6.42 Å². The molecule has 3 rings (SSSR count). The average Bonchev–Trinajstić information content (AvgIpc) is 2.78. The van der Waals surface area contributed by atoms with Gasteiger partial charge >= 0.3 is 0 Å². The average molecular weight is 298 g/mol. The molecule has 1 aliphatic heterocycles. The number of rotatable bonds is 1. The van der Waals surface area contributed by atoms with E-state index in [0.29, 0.717) is 0 Å². The van der Waals surface area contributed by atoms with Gasteiger partial charge in [0.1, 0.15) is 6.04 Å². The number of terminal acetylenes is 1. The SMILES string of the molecule is C#C[C@@H]1c2ccccc2CN1c1ccc(Br)cc1. The molecule has 18 heavy (non-hydrogen) atoms. The van der Waals surface area contributed by atoms with Crippen molar-refractivity contribution < 1.29 is 0 Å². The number of hydrogen-bond acceptors (Lipinski definition) is 1. The minimum atomic E-state index is 0.0439. The first-order chi connectivity index (χ1) is 8.79. The lowest BCUT2D eigenvalue weighted by molar-refractivity contribution is 0.814. The fourth-order valence-electron chi connectivity index (χ4n) is 2.44. The van der Waals surface area contributed by atoms with Crippen molar-refractivity contribution in [2.45, 2.75) is 12.6 Å². The molecule has 0 amide bonds. The summed E-state index contributed by atoms with van der Waals surface area (Å²) in [5.74, 6) is 2.90. The molecule has 1 heterocycles. The minimum absolute atomic E-state index is 0.0439. The number of fused-ring (bicyclic) bond motifs is 1. The van der Waals surface area contributed by atoms with Gasteiger partial charge in [0.2, 0.25) is 0 Å². The zero-order chi connectivity index (χ0) is 12.5. The zero-order valence-corrected chi connectivity index (χ0v) is 11.4. The highest BCUT2D eigenvalue weighted by Gasteiger charge is 2.28. The van der Waals surface area contributed by atoms with Gasteiger partial charge in [-0.1, -0.05) is 46.1 Å². The van der Waals surface area contributed by atoms with Crippen molar-refractivity contribution in [3.8, 4) is 12.3 Å². The quantitative estimate of drug-likeness (QED) is 0.715. The summed E-state index contributed by atoms with van der Waals surface area (Å²) in [7, 11) is 0. The van der Waals surface area contributed by atoms with Gasteiger partial charge < -0.3 is 4.90 Å². The first-order valence-corrected chi connectivity index (χ1v) is 6.65. The van der Waals surface area contributed by atoms with Crippen LogP contribution in [0, 0.1) is 12.3 Å². The molecule has 2 heteroatoms. The lowest BCUT2D eigenvalue weighted by atomic mass is 10.1. The Morgan fingerprint density at radius 3 is 2.56 bits per heavy atom. The smallest absolute Gasteiger partial charge is 0.116 e. The third-order valence-electron chi connectivity index (χ3n) is 3.32. The molecule has 0 spiro atoms. The first-order valence-electron chi connectivity index (χ1n) is 5.86. The Morgan fingerprint density at radius 1 is 1.11 bits per heavy atom. The van der Waals surface area contributed by atoms with Crippen molar-refractivity contribution in [2.24, 2.45) is 0 Å². The zero-order valence-electron chi connectivity index (χ0n) is 9.81. The van der Waals surface area contributed by atoms with Crippen LogP contribution in [0.4, 0.5) is 5.69 Å². The topological polar surface area (TPSA) is 3.24 Å². The molecule has 2 aromatic carbocycles. The van der Waals surface area contributed by atoms with Crippen LogP contribution in [0.15, 0.2) is 53.0 Å². The summed E-state index contributed by atoms with van der Waals surface area (Å²) in [6.45, 7) is 0.882. The van der Waals surface area contributed by atoms with Crippen LogP contribution < -0.4 is 4.90 Å². The summed E-state index contributed by atoms with van der Waals surface area (Å²) in [5.41, 5.74) is 3.74. The van der Waals surface area contributed by atoms with Crippen molar-refractivity contribution in [1.82, 2.24) is 0 Å². The summed E-state index contributed by atoms with van der Waals surface area (Å²) in [6, 6.07) is 16.7. The van der Waals surface area contributed by atoms with Crippen LogP contribution in [0.1, 0.15) is 17.2 Å². The standard InChI is InChI=1S/C16H12BrN/c1-2-16-15-6-4-3-5-12(15)11-18(16)14-9-7-13(17)8-10-14/h1,3-10,16H,11H2/t16-/m1/s1. The molecule has 0 bridgehead atoms. The molecule has 1 atom stereocenters. The predicted octanol–water partition coefficient (Wildman–Crippen LogP) is 4.14. The fourth-order valence-corrected chi connectivity index (χ4v) is 2.70. The van der Waals surface area contributed by atoms with Crippen molar-refractivity contribution in [3.05, 3.63) is 64.1 Å². The maximum absolute atomic E-state index is 5.71. The van der Waals surface area contributed by atoms with Gasteiger partial charge in [-0.2, -0.15) is 0 Å². The molecule has 0 radical (unpaired) electrons. The molecule has 0 N–H and O–H groups in total. The van der Waals surface area contributed by atoms with Gasteiger partial charge in [0.25, 0.3) is 0 Å². The van der Waals surface area contributed by atoms with Crippen molar-refractivity contribution >= 4 is 21.6 Å². The van der Waals surface area contributed by atoms with Crippen molar-refractivity contribution in [1.29, 1.82) is 0 Å². The van der Waals surface area contributed by atoms with Gasteiger partial charge in [-0.3, -0.25) is 0 Å². The Bertz CT molecular complexity index is 610. The Kier molecular flexibility index (Phi) is 2.85. The van der Waals surface area contributed by atoms with Crippen LogP contribution in [0.3, 0.4) is 0 Å². The van der Waals surface area contributed by atoms with Gasteiger partial charge in [-0.15, -0.1) is 6.42 Å². The monoisotopic (exact) mass is 297 g/mol. The summed E-state index contributed by atoms with van der Waals surface area (Å²) in [4.78, 5) is 2.26. The van der Waals surface area contributed by atoms with Crippen LogP contribution in [0.2, 0.25) is 0 Å². The van der Waals surface area contributed by atoms with E-state index in [1.165, 1.54) is 11.1 Å². The molecule has 0 fully saturated rings. The third-order valence-corrected chi connectivity index (χ3v) is 3.85. The molecule has 0 unspecified atom stereocenters. The van der Waals surface area contributed by atoms with Gasteiger partial charge in [-0.25, -0.2) is 0 Å². The van der Waals surface area contributed by atoms with Crippen LogP contribution >= 0.6 is 15.9 Å². The summed E-state index contributed by atoms with van der Waals surface area (Å²) < 4.78 is 1.08. The van der Waals surface area contributed by atoms with E-state index in [0.717, 1.165) is 16.7 Å². The highest BCUT2D eigenvalue weighted by Crippen LogP contribution is 2.37. The number of nitrogens with zero attached hydrogens (tertiary/aromatic N) is 1. The Morgan fingerprint density at radius 2 is 1.83 bits per heavy atom. The number of hydrogen-bond donors (Lipinski definition) is 0. The molecule has 1 nitrogen and oxygen atoms in total. The molecular formula is C16H12BrN. The highest BCUT2D eigenvalue weighted by molar-refractivity contribution is 9.10. The normalized spacial score (nSPS) is 17.3. The van der Waals surface area contributed by atoms with E-state index in [9.17, 15) is 0 Å². The summed E-state index contributed by atoms with van der Waals surface area (Å²) >= 11 is 3.46. The Hall–Kier alpha value is -1.72. The van der Waals surface area contributed by atoms with Crippen LogP contribution in [0.25, 0.3) is 0 Å². The number of benzene rings is 2. The van der Waals surface area contributed by atoms with Gasteiger partial charge in [0.05, 0.1) is 0 Å². The molecule has 1 aliphatic rings. The minimum Gasteiger partial charge on any atom is -0.349 e. The molecule has 0 saturated heterocycles. The molecule has 0 aliphatic carbocycles. The lowest BCUT2D eigenvalue weighted by Crippen LogP contribution is -2.19. The Balaban J connectivity index is 2.01. The third kappa shape index (κ3) is 1.81. The van der Waals surface area contributed by atoms with Crippen molar-refractivity contribution in [3.63, 3.8) is 0 Å². The highest BCUT2D eigenvalue weighted by atomic mass is 79.9. The molecule has 0 saturated carbocycles. The van der Waals surface area contributed by atoms with Gasteiger partial charge in [0.15, 0.2) is 0 Å². The van der Waals surface area contributed by atoms with Crippen LogP contribution in [-0.2, 0) is 6.54 Å². The van der Waals surface area contributed by atoms with E-state index in [1.807, 2.05) is 18.2 Å². The van der Waals surface area contributed by atoms with E-state index >= 15 is 0 Å². The predicted molar refractivity (Wildman–Crippen MR) is 78.3 cm³/mol. The van der Waals surface area contributed by atoms with Gasteiger partial charge in [0, 0.05) is 16.7 Å². The summed E-state index contributed by atoms with van der Waals surface area (Å²) in [5, 5.41) is 0. The maximum Gasteiger partial charge on any atom is 0.116 e. The maximum atomic E-state index is 5.71. The number of halogens is 1.